The van der Waals surface area contributed by atoms with Crippen molar-refractivity contribution in [2.45, 2.75) is 90.3 Å². The van der Waals surface area contributed by atoms with Crippen LogP contribution in [-0.2, 0) is 25.3 Å². The van der Waals surface area contributed by atoms with Crippen LogP contribution in [0.5, 0.6) is 0 Å². The van der Waals surface area contributed by atoms with E-state index in [1.54, 1.807) is 0 Å². The minimum atomic E-state index is -0.188. The van der Waals surface area contributed by atoms with Gasteiger partial charge in [0.25, 0.3) is 0 Å². The standard InChI is InChI=1S/C41H50N6S/c1-3-5-10-22-46-24-12-16-29-26-31(18-20-33(29)46)35-37(42)38(45-48)36(40-39(35)43-41(44-40)28-14-8-7-9-15-28)32-19-21-34-30(27-32)17-13-25-47(34)23-11-6-4-2/h7-9,14-15,18-21,26-27,39,41,43H,3-6,10-13,16-17,22-25,42H2,1-2H3. The molecule has 0 saturated carbocycles. The predicted molar refractivity (Wildman–Crippen MR) is 204 cm³/mol. The van der Waals surface area contributed by atoms with Gasteiger partial charge in [-0.1, -0.05) is 82.0 Å². The molecule has 3 heterocycles. The van der Waals surface area contributed by atoms with Gasteiger partial charge in [-0.15, -0.1) is 0 Å². The third kappa shape index (κ3) is 6.35. The Morgan fingerprint density at radius 1 is 0.812 bits per heavy atom. The molecule has 1 aliphatic carbocycles. The SMILES string of the molecule is CCCCCN1CCCc2cc(C3=C(N=S)C(N)=C(c4ccc5c(c4)CCCN5CCCCC)C4NC(c5ccccc5)N=C34)ccc21. The lowest BCUT2D eigenvalue weighted by Crippen LogP contribution is -2.38. The topological polar surface area (TPSA) is 69.2 Å². The summed E-state index contributed by atoms with van der Waals surface area (Å²) in [6, 6.07) is 24.2. The Bertz CT molecular complexity index is 1740. The smallest absolute Gasteiger partial charge is 0.126 e. The summed E-state index contributed by atoms with van der Waals surface area (Å²) in [5.41, 5.74) is 20.4. The van der Waals surface area contributed by atoms with Crippen LogP contribution in [0.25, 0.3) is 11.1 Å². The van der Waals surface area contributed by atoms with Gasteiger partial charge < -0.3 is 15.5 Å². The first-order valence-electron chi connectivity index (χ1n) is 18.3. The molecule has 48 heavy (non-hydrogen) atoms. The van der Waals surface area contributed by atoms with E-state index in [9.17, 15) is 0 Å². The van der Waals surface area contributed by atoms with Gasteiger partial charge >= 0.3 is 0 Å². The Kier molecular flexibility index (Phi) is 10.1. The first kappa shape index (κ1) is 32.7. The molecule has 0 spiro atoms. The highest BCUT2D eigenvalue weighted by atomic mass is 32.1. The molecule has 0 bridgehead atoms. The third-order valence-corrected chi connectivity index (χ3v) is 10.8. The van der Waals surface area contributed by atoms with Crippen molar-refractivity contribution in [2.75, 3.05) is 36.0 Å². The zero-order valence-electron chi connectivity index (χ0n) is 28.7. The number of benzene rings is 3. The molecule has 3 aromatic carbocycles. The second kappa shape index (κ2) is 14.8. The Morgan fingerprint density at radius 3 is 2.02 bits per heavy atom. The van der Waals surface area contributed by atoms with Gasteiger partial charge in [0.2, 0.25) is 0 Å². The number of nitrogens with zero attached hydrogens (tertiary/aromatic N) is 4. The molecule has 250 valence electrons. The van der Waals surface area contributed by atoms with Crippen LogP contribution in [0.15, 0.2) is 87.5 Å². The maximum atomic E-state index is 7.19. The summed E-state index contributed by atoms with van der Waals surface area (Å²) in [5.74, 6) is 0. The van der Waals surface area contributed by atoms with E-state index in [-0.39, 0.29) is 12.2 Å². The van der Waals surface area contributed by atoms with Gasteiger partial charge in [0.1, 0.15) is 11.9 Å². The van der Waals surface area contributed by atoms with Crippen LogP contribution in [0.2, 0.25) is 0 Å². The van der Waals surface area contributed by atoms with E-state index in [4.69, 9.17) is 23.2 Å². The molecule has 0 amide bonds. The van der Waals surface area contributed by atoms with Crippen LogP contribution >= 0.6 is 0 Å². The van der Waals surface area contributed by atoms with Crippen molar-refractivity contribution >= 4 is 40.7 Å². The molecule has 7 heteroatoms. The number of aryl methyl sites for hydroxylation is 2. The van der Waals surface area contributed by atoms with Gasteiger partial charge in [0.15, 0.2) is 0 Å². The summed E-state index contributed by atoms with van der Waals surface area (Å²) in [4.78, 5) is 10.5. The molecule has 4 aliphatic rings. The van der Waals surface area contributed by atoms with E-state index in [0.717, 1.165) is 72.6 Å². The molecule has 0 fully saturated rings. The van der Waals surface area contributed by atoms with Gasteiger partial charge in [-0.25, -0.2) is 0 Å². The molecule has 2 unspecified atom stereocenters. The maximum absolute atomic E-state index is 7.19. The Morgan fingerprint density at radius 2 is 1.42 bits per heavy atom. The summed E-state index contributed by atoms with van der Waals surface area (Å²) in [5, 5.41) is 3.88. The molecule has 0 radical (unpaired) electrons. The Labute approximate surface area is 292 Å². The van der Waals surface area contributed by atoms with E-state index in [2.05, 4.69) is 100 Å². The highest BCUT2D eigenvalue weighted by Crippen LogP contribution is 2.44. The minimum absolute atomic E-state index is 0.172. The average molecular weight is 659 g/mol. The molecular weight excluding hydrogens is 609 g/mol. The molecule has 0 saturated heterocycles. The number of rotatable bonds is 12. The van der Waals surface area contributed by atoms with Crippen molar-refractivity contribution in [3.05, 3.63) is 106 Å². The fraction of sp³-hybridized carbons (Fsp3) is 0.439. The van der Waals surface area contributed by atoms with Crippen molar-refractivity contribution in [2.24, 2.45) is 15.1 Å². The first-order chi connectivity index (χ1) is 23.6. The minimum Gasteiger partial charge on any atom is -0.397 e. The van der Waals surface area contributed by atoms with E-state index in [1.807, 2.05) is 0 Å². The van der Waals surface area contributed by atoms with Crippen LogP contribution in [0.1, 0.15) is 99.2 Å². The zero-order valence-corrected chi connectivity index (χ0v) is 29.5. The summed E-state index contributed by atoms with van der Waals surface area (Å²) < 4.78 is 4.49. The lowest BCUT2D eigenvalue weighted by atomic mass is 9.80. The first-order valence-corrected chi connectivity index (χ1v) is 18.7. The second-order valence-electron chi connectivity index (χ2n) is 13.9. The number of aliphatic imine (C=N–C) groups is 1. The van der Waals surface area contributed by atoms with E-state index in [1.165, 1.54) is 73.9 Å². The van der Waals surface area contributed by atoms with Crippen LogP contribution in [0.4, 0.5) is 11.4 Å². The average Bonchev–Trinajstić information content (AvgIpc) is 3.56. The van der Waals surface area contributed by atoms with Gasteiger partial charge in [-0.05, 0) is 90.6 Å². The fourth-order valence-corrected chi connectivity index (χ4v) is 8.40. The van der Waals surface area contributed by atoms with E-state index < -0.39 is 0 Å². The van der Waals surface area contributed by atoms with Crippen molar-refractivity contribution in [1.82, 2.24) is 5.32 Å². The summed E-state index contributed by atoms with van der Waals surface area (Å²) in [6.07, 6.45) is 11.8. The number of hydrogen-bond donors (Lipinski definition) is 2. The lowest BCUT2D eigenvalue weighted by molar-refractivity contribution is 0.607. The van der Waals surface area contributed by atoms with Gasteiger partial charge in [0, 0.05) is 61.1 Å². The van der Waals surface area contributed by atoms with Crippen LogP contribution in [-0.4, -0.2) is 37.9 Å². The van der Waals surface area contributed by atoms with E-state index >= 15 is 0 Å². The monoisotopic (exact) mass is 658 g/mol. The van der Waals surface area contributed by atoms with Crippen LogP contribution < -0.4 is 20.9 Å². The Hall–Kier alpha value is -3.81. The molecule has 3 aliphatic heterocycles. The fourth-order valence-electron chi connectivity index (χ4n) is 8.21. The van der Waals surface area contributed by atoms with Crippen molar-refractivity contribution in [3.63, 3.8) is 0 Å². The van der Waals surface area contributed by atoms with E-state index in [0.29, 0.717) is 11.4 Å². The molecule has 3 aromatic rings. The van der Waals surface area contributed by atoms with Crippen LogP contribution in [0, 0.1) is 0 Å². The normalized spacial score (nSPS) is 20.4. The summed E-state index contributed by atoms with van der Waals surface area (Å²) >= 11 is 5.54. The number of anilines is 2. The van der Waals surface area contributed by atoms with Gasteiger partial charge in [0.05, 0.1) is 17.5 Å². The maximum Gasteiger partial charge on any atom is 0.126 e. The zero-order chi connectivity index (χ0) is 33.0. The summed E-state index contributed by atoms with van der Waals surface area (Å²) in [7, 11) is 0. The highest BCUT2D eigenvalue weighted by Gasteiger charge is 2.41. The molecule has 3 N–H and O–H groups in total. The van der Waals surface area contributed by atoms with Crippen molar-refractivity contribution in [3.8, 4) is 0 Å². The molecule has 6 nitrogen and oxygen atoms in total. The van der Waals surface area contributed by atoms with Gasteiger partial charge in [-0.2, -0.15) is 4.36 Å². The van der Waals surface area contributed by atoms with Crippen LogP contribution in [0.3, 0.4) is 0 Å². The van der Waals surface area contributed by atoms with Crippen molar-refractivity contribution in [1.29, 1.82) is 0 Å². The number of unbranched alkanes of at least 4 members (excludes halogenated alkanes) is 4. The highest BCUT2D eigenvalue weighted by molar-refractivity contribution is 7.47. The molecule has 0 aromatic heterocycles. The quantitative estimate of drug-likeness (QED) is 0.191. The molecule has 2 atom stereocenters. The third-order valence-electron chi connectivity index (χ3n) is 10.7. The van der Waals surface area contributed by atoms with Crippen molar-refractivity contribution < 1.29 is 0 Å². The van der Waals surface area contributed by atoms with Gasteiger partial charge in [-0.3, -0.25) is 10.3 Å². The number of nitrogens with one attached hydrogen (secondary N) is 1. The number of hydrogen-bond acceptors (Lipinski definition) is 7. The largest absolute Gasteiger partial charge is 0.397 e. The molecular formula is C41H50N6S. The predicted octanol–water partition coefficient (Wildman–Crippen LogP) is 8.51. The number of fused-ring (bicyclic) bond motifs is 3. The number of nitrogens with two attached hydrogens (primary N) is 1. The summed E-state index contributed by atoms with van der Waals surface area (Å²) in [6.45, 7) is 9.03. The molecule has 7 rings (SSSR count). The Balaban J connectivity index is 1.31. The lowest BCUT2D eigenvalue weighted by Gasteiger charge is -2.34. The second-order valence-corrected chi connectivity index (χ2v) is 14.0.